The minimum absolute atomic E-state index is 0.211. The fraction of sp³-hybridized carbons (Fsp3) is 0.611. The number of likely N-dealkylation sites (tertiary alicyclic amines) is 1. The highest BCUT2D eigenvalue weighted by molar-refractivity contribution is 5.52. The molecule has 0 spiro atoms. The Hall–Kier alpha value is -1.79. The summed E-state index contributed by atoms with van der Waals surface area (Å²) in [5.74, 6) is 1.63. The lowest BCUT2D eigenvalue weighted by Crippen LogP contribution is -2.52. The molecule has 0 saturated carbocycles. The zero-order valence-electron chi connectivity index (χ0n) is 14.8. The molecule has 2 N–H and O–H groups in total. The zero-order chi connectivity index (χ0) is 16.8. The van der Waals surface area contributed by atoms with Crippen molar-refractivity contribution < 1.29 is 0 Å². The van der Waals surface area contributed by atoms with Crippen molar-refractivity contribution in [1.29, 1.82) is 0 Å². The highest BCUT2D eigenvalue weighted by Gasteiger charge is 2.27. The lowest BCUT2D eigenvalue weighted by atomic mass is 9.98. The van der Waals surface area contributed by atoms with Crippen LogP contribution < -0.4 is 5.32 Å². The lowest BCUT2D eigenvalue weighted by molar-refractivity contribution is 0.0947. The molecular weight excluding hydrogens is 300 g/mol. The summed E-state index contributed by atoms with van der Waals surface area (Å²) in [5.41, 5.74) is 1.15. The van der Waals surface area contributed by atoms with Crippen molar-refractivity contribution in [1.82, 2.24) is 30.4 Å². The van der Waals surface area contributed by atoms with E-state index in [4.69, 9.17) is 0 Å². The van der Waals surface area contributed by atoms with Crippen LogP contribution in [0.1, 0.15) is 38.9 Å². The SMILES string of the molecule is CC(C)(CNCCc1nc(-c2cccnc2)n[nH]1)N1CCCCC1. The largest absolute Gasteiger partial charge is 0.314 e. The van der Waals surface area contributed by atoms with Gasteiger partial charge in [-0.15, -0.1) is 0 Å². The van der Waals surface area contributed by atoms with Crippen molar-refractivity contribution in [3.05, 3.63) is 30.4 Å². The van der Waals surface area contributed by atoms with E-state index in [-0.39, 0.29) is 5.54 Å². The van der Waals surface area contributed by atoms with E-state index in [0.717, 1.165) is 30.9 Å². The lowest BCUT2D eigenvalue weighted by Gasteiger charge is -2.41. The minimum atomic E-state index is 0.211. The van der Waals surface area contributed by atoms with Crippen LogP contribution in [0, 0.1) is 0 Å². The molecule has 0 atom stereocenters. The number of rotatable bonds is 7. The average Bonchev–Trinajstić information content (AvgIpc) is 3.09. The number of hydrogen-bond donors (Lipinski definition) is 2. The Morgan fingerprint density at radius 2 is 2.08 bits per heavy atom. The first kappa shape index (κ1) is 17.0. The second kappa shape index (κ2) is 7.85. The standard InChI is InChI=1S/C18H28N6/c1-18(2,24-11-4-3-5-12-24)14-20-10-8-16-21-17(23-22-16)15-7-6-9-19-13-15/h6-7,9,13,20H,3-5,8,10-12,14H2,1-2H3,(H,21,22,23). The van der Waals surface area contributed by atoms with Crippen LogP contribution in [0.2, 0.25) is 0 Å². The third-order valence-electron chi connectivity index (χ3n) is 4.76. The van der Waals surface area contributed by atoms with Crippen LogP contribution in [-0.2, 0) is 6.42 Å². The molecule has 0 aliphatic carbocycles. The van der Waals surface area contributed by atoms with E-state index < -0.39 is 0 Å². The van der Waals surface area contributed by atoms with Gasteiger partial charge in [-0.25, -0.2) is 4.98 Å². The highest BCUT2D eigenvalue weighted by Crippen LogP contribution is 2.19. The van der Waals surface area contributed by atoms with Crippen LogP contribution in [0.15, 0.2) is 24.5 Å². The topological polar surface area (TPSA) is 69.7 Å². The Kier molecular flexibility index (Phi) is 5.58. The average molecular weight is 328 g/mol. The summed E-state index contributed by atoms with van der Waals surface area (Å²) in [6.45, 7) is 9.02. The molecule has 0 radical (unpaired) electrons. The van der Waals surface area contributed by atoms with Gasteiger partial charge < -0.3 is 5.32 Å². The monoisotopic (exact) mass is 328 g/mol. The van der Waals surface area contributed by atoms with Crippen molar-refractivity contribution in [3.8, 4) is 11.4 Å². The molecule has 130 valence electrons. The van der Waals surface area contributed by atoms with Gasteiger partial charge >= 0.3 is 0 Å². The summed E-state index contributed by atoms with van der Waals surface area (Å²) >= 11 is 0. The molecule has 2 aromatic rings. The van der Waals surface area contributed by atoms with Crippen molar-refractivity contribution in [2.24, 2.45) is 0 Å². The molecule has 1 fully saturated rings. The number of H-pyrrole nitrogens is 1. The molecular formula is C18H28N6. The molecule has 1 saturated heterocycles. The van der Waals surface area contributed by atoms with Crippen LogP contribution in [-0.4, -0.2) is 56.8 Å². The van der Waals surface area contributed by atoms with E-state index >= 15 is 0 Å². The fourth-order valence-electron chi connectivity index (χ4n) is 3.24. The van der Waals surface area contributed by atoms with E-state index in [1.165, 1.54) is 32.4 Å². The molecule has 24 heavy (non-hydrogen) atoms. The Morgan fingerprint density at radius 3 is 2.83 bits per heavy atom. The molecule has 1 aliphatic heterocycles. The molecule has 1 aliphatic rings. The maximum absolute atomic E-state index is 4.55. The second-order valence-electron chi connectivity index (χ2n) is 7.13. The van der Waals surface area contributed by atoms with Crippen molar-refractivity contribution >= 4 is 0 Å². The number of pyridine rings is 1. The summed E-state index contributed by atoms with van der Waals surface area (Å²) in [6, 6.07) is 3.87. The van der Waals surface area contributed by atoms with E-state index in [2.05, 4.69) is 44.2 Å². The number of piperidine rings is 1. The fourth-order valence-corrected chi connectivity index (χ4v) is 3.24. The highest BCUT2D eigenvalue weighted by atomic mass is 15.2. The summed E-state index contributed by atoms with van der Waals surface area (Å²) in [5, 5.41) is 10.9. The summed E-state index contributed by atoms with van der Waals surface area (Å²) in [7, 11) is 0. The Morgan fingerprint density at radius 1 is 1.25 bits per heavy atom. The Labute approximate surface area is 144 Å². The quantitative estimate of drug-likeness (QED) is 0.763. The van der Waals surface area contributed by atoms with Gasteiger partial charge in [-0.1, -0.05) is 6.42 Å². The van der Waals surface area contributed by atoms with Gasteiger partial charge in [-0.05, 0) is 51.9 Å². The van der Waals surface area contributed by atoms with E-state index in [9.17, 15) is 0 Å². The number of aromatic nitrogens is 4. The van der Waals surface area contributed by atoms with E-state index in [1.807, 2.05) is 12.1 Å². The second-order valence-corrected chi connectivity index (χ2v) is 7.13. The first-order valence-electron chi connectivity index (χ1n) is 8.93. The number of nitrogens with zero attached hydrogens (tertiary/aromatic N) is 4. The Balaban J connectivity index is 1.44. The summed E-state index contributed by atoms with van der Waals surface area (Å²) < 4.78 is 0. The van der Waals surface area contributed by atoms with Gasteiger partial charge in [0.15, 0.2) is 5.82 Å². The van der Waals surface area contributed by atoms with Gasteiger partial charge in [0, 0.05) is 43.0 Å². The predicted octanol–water partition coefficient (Wildman–Crippen LogP) is 2.26. The van der Waals surface area contributed by atoms with Crippen molar-refractivity contribution in [3.63, 3.8) is 0 Å². The number of aromatic amines is 1. The third kappa shape index (κ3) is 4.39. The van der Waals surface area contributed by atoms with Gasteiger partial charge in [0.2, 0.25) is 0 Å². The third-order valence-corrected chi connectivity index (χ3v) is 4.76. The first-order chi connectivity index (χ1) is 11.6. The summed E-state index contributed by atoms with van der Waals surface area (Å²) in [6.07, 6.45) is 8.43. The van der Waals surface area contributed by atoms with Gasteiger partial charge in [0.1, 0.15) is 5.82 Å². The van der Waals surface area contributed by atoms with Crippen LogP contribution in [0.4, 0.5) is 0 Å². The molecule has 2 aromatic heterocycles. The molecule has 3 rings (SSSR count). The van der Waals surface area contributed by atoms with E-state index in [0.29, 0.717) is 5.82 Å². The normalized spacial score (nSPS) is 16.4. The van der Waals surface area contributed by atoms with Crippen molar-refractivity contribution in [2.45, 2.75) is 45.1 Å². The number of hydrogen-bond acceptors (Lipinski definition) is 5. The van der Waals surface area contributed by atoms with E-state index in [1.54, 1.807) is 12.4 Å². The van der Waals surface area contributed by atoms with Gasteiger partial charge in [0.25, 0.3) is 0 Å². The molecule has 0 amide bonds. The summed E-state index contributed by atoms with van der Waals surface area (Å²) in [4.78, 5) is 11.3. The molecule has 6 nitrogen and oxygen atoms in total. The molecule has 3 heterocycles. The Bertz CT molecular complexity index is 615. The first-order valence-corrected chi connectivity index (χ1v) is 8.93. The molecule has 0 aromatic carbocycles. The van der Waals surface area contributed by atoms with Gasteiger partial charge in [-0.3, -0.25) is 15.0 Å². The minimum Gasteiger partial charge on any atom is -0.314 e. The van der Waals surface area contributed by atoms with Crippen LogP contribution in [0.3, 0.4) is 0 Å². The van der Waals surface area contributed by atoms with Crippen LogP contribution in [0.25, 0.3) is 11.4 Å². The van der Waals surface area contributed by atoms with Crippen LogP contribution in [0.5, 0.6) is 0 Å². The number of nitrogens with one attached hydrogen (secondary N) is 2. The predicted molar refractivity (Wildman–Crippen MR) is 95.7 cm³/mol. The van der Waals surface area contributed by atoms with Gasteiger partial charge in [-0.2, -0.15) is 5.10 Å². The maximum atomic E-state index is 4.55. The maximum Gasteiger partial charge on any atom is 0.182 e. The van der Waals surface area contributed by atoms with Gasteiger partial charge in [0.05, 0.1) is 0 Å². The zero-order valence-corrected chi connectivity index (χ0v) is 14.8. The van der Waals surface area contributed by atoms with Crippen molar-refractivity contribution in [2.75, 3.05) is 26.2 Å². The molecule has 0 bridgehead atoms. The van der Waals surface area contributed by atoms with Crippen LogP contribution >= 0.6 is 0 Å². The smallest absolute Gasteiger partial charge is 0.182 e. The molecule has 0 unspecified atom stereocenters. The molecule has 6 heteroatoms.